The molecule has 0 bridgehead atoms. The van der Waals surface area contributed by atoms with Crippen LogP contribution in [-0.4, -0.2) is 5.26 Å². The highest BCUT2D eigenvalue weighted by molar-refractivity contribution is 5.32. The molecule has 0 saturated heterocycles. The summed E-state index contributed by atoms with van der Waals surface area (Å²) in [5.41, 5.74) is 0. The van der Waals surface area contributed by atoms with Gasteiger partial charge in [-0.25, -0.2) is 0 Å². The normalized spacial score (nSPS) is 4.00. The zero-order valence-electron chi connectivity index (χ0n) is 3.93. The number of hydrogen-bond donors (Lipinski definition) is 1. The topological polar surface area (TPSA) is 29.5 Å². The quantitative estimate of drug-likeness (QED) is 0.269. The Balaban J connectivity index is 3.61. The van der Waals surface area contributed by atoms with Crippen LogP contribution in [0.25, 0.3) is 0 Å². The Morgan fingerprint density at radius 2 is 2.00 bits per heavy atom. The van der Waals surface area contributed by atoms with Crippen LogP contribution in [-0.2, 0) is 4.89 Å². The summed E-state index contributed by atoms with van der Waals surface area (Å²) in [5.74, 6) is 8.54. The maximum atomic E-state index is 7.57. The van der Waals surface area contributed by atoms with Gasteiger partial charge in [0.05, 0.1) is 0 Å². The first-order chi connectivity index (χ1) is 3.91. The molecule has 0 fully saturated rings. The van der Waals surface area contributed by atoms with E-state index in [1.165, 1.54) is 0 Å². The first-order valence-corrected chi connectivity index (χ1v) is 1.68. The first kappa shape index (κ1) is 6.44. The highest BCUT2D eigenvalue weighted by Gasteiger charge is 1.54. The number of rotatable bonds is 0. The van der Waals surface area contributed by atoms with Crippen molar-refractivity contribution in [1.29, 1.82) is 0 Å². The van der Waals surface area contributed by atoms with E-state index in [4.69, 9.17) is 11.7 Å². The summed E-state index contributed by atoms with van der Waals surface area (Å²) in [6.45, 7) is 0. The molecular formula is C6H2O2. The summed E-state index contributed by atoms with van der Waals surface area (Å²) >= 11 is 0. The van der Waals surface area contributed by atoms with E-state index in [-0.39, 0.29) is 0 Å². The van der Waals surface area contributed by atoms with Crippen LogP contribution in [0.5, 0.6) is 0 Å². The summed E-state index contributed by atoms with van der Waals surface area (Å²) in [7, 11) is 0. The maximum absolute atomic E-state index is 7.57. The van der Waals surface area contributed by atoms with Crippen LogP contribution in [0.4, 0.5) is 0 Å². The van der Waals surface area contributed by atoms with Gasteiger partial charge in [-0.15, -0.1) is 6.42 Å². The fraction of sp³-hybridized carbons (Fsp3) is 0. The number of hydrogen-bond acceptors (Lipinski definition) is 2. The van der Waals surface area contributed by atoms with E-state index in [1.807, 2.05) is 12.0 Å². The van der Waals surface area contributed by atoms with Crippen molar-refractivity contribution in [1.82, 2.24) is 0 Å². The zero-order chi connectivity index (χ0) is 6.24. The van der Waals surface area contributed by atoms with Crippen molar-refractivity contribution in [3.8, 4) is 36.2 Å². The van der Waals surface area contributed by atoms with Gasteiger partial charge in [-0.3, -0.25) is 4.89 Å². The second-order valence-corrected chi connectivity index (χ2v) is 0.713. The zero-order valence-corrected chi connectivity index (χ0v) is 3.93. The number of terminal acetylenes is 1. The van der Waals surface area contributed by atoms with Gasteiger partial charge in [0.1, 0.15) is 0 Å². The molecule has 38 valence electrons. The third-order valence-electron chi connectivity index (χ3n) is 0.294. The second-order valence-electron chi connectivity index (χ2n) is 0.713. The molecular weight excluding hydrogens is 104 g/mol. The Bertz CT molecular complexity index is 201. The standard InChI is InChI=1S/C6H2O2/c1-2-3-4-5-6-8-7/h1,7H. The predicted octanol–water partition coefficient (Wildman–Crippen LogP) is 0.0735. The Morgan fingerprint density at radius 3 is 2.50 bits per heavy atom. The van der Waals surface area contributed by atoms with Crippen LogP contribution in [0, 0.1) is 36.2 Å². The lowest BCUT2D eigenvalue weighted by Crippen LogP contribution is -1.63. The van der Waals surface area contributed by atoms with Crippen LogP contribution in [0.15, 0.2) is 0 Å². The Labute approximate surface area is 47.4 Å². The predicted molar refractivity (Wildman–Crippen MR) is 28.1 cm³/mol. The van der Waals surface area contributed by atoms with Gasteiger partial charge < -0.3 is 0 Å². The third kappa shape index (κ3) is 4.44. The van der Waals surface area contributed by atoms with Crippen molar-refractivity contribution in [3.05, 3.63) is 0 Å². The molecule has 0 unspecified atom stereocenters. The van der Waals surface area contributed by atoms with E-state index in [0.29, 0.717) is 0 Å². The average molecular weight is 106 g/mol. The molecule has 0 aromatic heterocycles. The van der Waals surface area contributed by atoms with Crippen molar-refractivity contribution < 1.29 is 10.1 Å². The monoisotopic (exact) mass is 106 g/mol. The van der Waals surface area contributed by atoms with Gasteiger partial charge in [-0.05, 0) is 11.8 Å². The van der Waals surface area contributed by atoms with Crippen molar-refractivity contribution in [2.75, 3.05) is 0 Å². The highest BCUT2D eigenvalue weighted by atomic mass is 17.1. The van der Waals surface area contributed by atoms with Crippen LogP contribution in [0.2, 0.25) is 0 Å². The van der Waals surface area contributed by atoms with E-state index < -0.39 is 0 Å². The molecule has 0 atom stereocenters. The fourth-order valence-electron chi connectivity index (χ4n) is 0.116. The summed E-state index contributed by atoms with van der Waals surface area (Å²) in [5, 5.41) is 7.57. The Morgan fingerprint density at radius 1 is 1.25 bits per heavy atom. The lowest BCUT2D eigenvalue weighted by Gasteiger charge is -1.65. The molecule has 0 aliphatic carbocycles. The minimum atomic E-state index is 1.82. The minimum Gasteiger partial charge on any atom is -0.284 e. The lowest BCUT2D eigenvalue weighted by molar-refractivity contribution is -0.171. The first-order valence-electron chi connectivity index (χ1n) is 1.68. The molecule has 0 spiro atoms. The molecule has 0 amide bonds. The van der Waals surface area contributed by atoms with Crippen LogP contribution in [0.3, 0.4) is 0 Å². The average Bonchev–Trinajstić information content (AvgIpc) is 1.81. The van der Waals surface area contributed by atoms with E-state index in [9.17, 15) is 0 Å². The summed E-state index contributed by atoms with van der Waals surface area (Å²) in [6, 6.07) is 0. The molecule has 1 N–H and O–H groups in total. The molecule has 0 aromatic carbocycles. The molecule has 0 aromatic rings. The van der Waals surface area contributed by atoms with Gasteiger partial charge in [-0.2, -0.15) is 5.26 Å². The second kappa shape index (κ2) is 5.44. The molecule has 0 saturated carbocycles. The fourth-order valence-corrected chi connectivity index (χ4v) is 0.116. The molecule has 0 aliphatic rings. The van der Waals surface area contributed by atoms with Crippen LogP contribution < -0.4 is 0 Å². The summed E-state index contributed by atoms with van der Waals surface area (Å²) in [4.78, 5) is 3.36. The summed E-state index contributed by atoms with van der Waals surface area (Å²) in [6.07, 6.45) is 6.54. The van der Waals surface area contributed by atoms with Crippen molar-refractivity contribution in [3.63, 3.8) is 0 Å². The van der Waals surface area contributed by atoms with Crippen molar-refractivity contribution >= 4 is 0 Å². The minimum absolute atomic E-state index is 1.82. The van der Waals surface area contributed by atoms with E-state index in [1.54, 1.807) is 0 Å². The van der Waals surface area contributed by atoms with Crippen molar-refractivity contribution in [2.45, 2.75) is 0 Å². The van der Waals surface area contributed by atoms with Gasteiger partial charge in [0.15, 0.2) is 6.11 Å². The van der Waals surface area contributed by atoms with Crippen LogP contribution >= 0.6 is 0 Å². The van der Waals surface area contributed by atoms with E-state index in [0.717, 1.165) is 0 Å². The van der Waals surface area contributed by atoms with Crippen LogP contribution in [0.1, 0.15) is 0 Å². The van der Waals surface area contributed by atoms with Crippen molar-refractivity contribution in [2.24, 2.45) is 0 Å². The SMILES string of the molecule is C#CC#CC#COO. The van der Waals surface area contributed by atoms with Gasteiger partial charge in [0.2, 0.25) is 0 Å². The Hall–Kier alpha value is -1.56. The molecule has 0 heterocycles. The van der Waals surface area contributed by atoms with E-state index >= 15 is 0 Å². The molecule has 2 nitrogen and oxygen atoms in total. The maximum Gasteiger partial charge on any atom is 0.171 e. The van der Waals surface area contributed by atoms with Gasteiger partial charge in [0, 0.05) is 11.8 Å². The molecule has 8 heavy (non-hydrogen) atoms. The van der Waals surface area contributed by atoms with Gasteiger partial charge >= 0.3 is 0 Å². The molecule has 0 radical (unpaired) electrons. The molecule has 0 aliphatic heterocycles. The summed E-state index contributed by atoms with van der Waals surface area (Å²) < 4.78 is 0. The third-order valence-corrected chi connectivity index (χ3v) is 0.294. The Kier molecular flexibility index (Phi) is 4.38. The van der Waals surface area contributed by atoms with Gasteiger partial charge in [0.25, 0.3) is 0 Å². The van der Waals surface area contributed by atoms with Gasteiger partial charge in [-0.1, -0.05) is 0 Å². The molecule has 2 heteroatoms. The largest absolute Gasteiger partial charge is 0.284 e. The molecule has 0 rings (SSSR count). The highest BCUT2D eigenvalue weighted by Crippen LogP contribution is 1.53. The lowest BCUT2D eigenvalue weighted by atomic mass is 10.6. The van der Waals surface area contributed by atoms with E-state index in [2.05, 4.69) is 22.6 Å². The smallest absolute Gasteiger partial charge is 0.171 e.